The number of carbonyl (C=O) groups excluding carboxylic acids is 1. The molecule has 0 aliphatic heterocycles. The molecule has 0 fully saturated rings. The summed E-state index contributed by atoms with van der Waals surface area (Å²) in [7, 11) is 0. The van der Waals surface area contributed by atoms with Gasteiger partial charge >= 0.3 is 0 Å². The number of ether oxygens (including phenoxy) is 1. The Labute approximate surface area is 114 Å². The second-order valence-electron chi connectivity index (χ2n) is 3.52. The number of nitrogens with one attached hydrogen (secondary N) is 1. The van der Waals surface area contributed by atoms with Crippen LogP contribution >= 0.6 is 15.9 Å². The van der Waals surface area contributed by atoms with Crippen LogP contribution in [0.2, 0.25) is 0 Å². The Bertz CT molecular complexity index is 457. The average Bonchev–Trinajstić information content (AvgIpc) is 2.37. The predicted octanol–water partition coefficient (Wildman–Crippen LogP) is 1.32. The smallest absolute Gasteiger partial charge is 0.257 e. The number of hydrogen-bond donors (Lipinski definition) is 2. The fourth-order valence-electron chi connectivity index (χ4n) is 1.24. The molecule has 0 aromatic heterocycles. The van der Waals surface area contributed by atoms with Crippen molar-refractivity contribution in [2.24, 2.45) is 5.73 Å². The van der Waals surface area contributed by atoms with Gasteiger partial charge in [-0.1, -0.05) is 6.07 Å². The van der Waals surface area contributed by atoms with Gasteiger partial charge in [-0.05, 0) is 33.6 Å². The molecule has 0 unspecified atom stereocenters. The zero-order valence-electron chi connectivity index (χ0n) is 9.78. The highest BCUT2D eigenvalue weighted by atomic mass is 79.9. The van der Waals surface area contributed by atoms with Crippen LogP contribution in [0.1, 0.15) is 12.0 Å². The van der Waals surface area contributed by atoms with E-state index in [0.717, 1.165) is 10.0 Å². The van der Waals surface area contributed by atoms with Gasteiger partial charge in [0.05, 0.1) is 17.0 Å². The Morgan fingerprint density at radius 1 is 1.56 bits per heavy atom. The zero-order chi connectivity index (χ0) is 13.4. The molecule has 0 spiro atoms. The topological polar surface area (TPSA) is 88.1 Å². The first-order chi connectivity index (χ1) is 8.67. The Morgan fingerprint density at radius 3 is 2.94 bits per heavy atom. The van der Waals surface area contributed by atoms with E-state index in [1.807, 2.05) is 18.2 Å². The minimum absolute atomic E-state index is 0.0774. The summed E-state index contributed by atoms with van der Waals surface area (Å²) in [6.45, 7) is 0.714. The molecular formula is C12H14BrN3O2. The van der Waals surface area contributed by atoms with E-state index >= 15 is 0 Å². The highest BCUT2D eigenvalue weighted by Gasteiger charge is 2.05. The largest absolute Gasteiger partial charge is 0.483 e. The molecule has 6 heteroatoms. The van der Waals surface area contributed by atoms with Crippen LogP contribution in [0.5, 0.6) is 5.75 Å². The van der Waals surface area contributed by atoms with Crippen molar-refractivity contribution in [2.45, 2.75) is 13.0 Å². The van der Waals surface area contributed by atoms with Crippen LogP contribution in [0, 0.1) is 11.3 Å². The van der Waals surface area contributed by atoms with Crippen molar-refractivity contribution in [1.29, 1.82) is 5.26 Å². The van der Waals surface area contributed by atoms with Crippen LogP contribution in [0.15, 0.2) is 22.7 Å². The van der Waals surface area contributed by atoms with Crippen molar-refractivity contribution in [1.82, 2.24) is 5.32 Å². The van der Waals surface area contributed by atoms with E-state index in [-0.39, 0.29) is 12.5 Å². The number of hydrogen-bond acceptors (Lipinski definition) is 4. The van der Waals surface area contributed by atoms with Gasteiger partial charge in [0.2, 0.25) is 0 Å². The summed E-state index contributed by atoms with van der Waals surface area (Å²) >= 11 is 3.35. The maximum Gasteiger partial charge on any atom is 0.257 e. The Hall–Kier alpha value is -1.58. The lowest BCUT2D eigenvalue weighted by Gasteiger charge is -2.09. The monoisotopic (exact) mass is 311 g/mol. The van der Waals surface area contributed by atoms with Gasteiger partial charge in [0, 0.05) is 13.1 Å². The molecule has 18 heavy (non-hydrogen) atoms. The molecule has 96 valence electrons. The first kappa shape index (κ1) is 14.5. The highest BCUT2D eigenvalue weighted by molar-refractivity contribution is 9.10. The molecule has 3 N–H and O–H groups in total. The summed E-state index contributed by atoms with van der Waals surface area (Å²) in [6.07, 6.45) is 0.292. The molecule has 1 rings (SSSR count). The number of rotatable bonds is 6. The summed E-state index contributed by atoms with van der Waals surface area (Å²) in [6, 6.07) is 7.39. The molecular weight excluding hydrogens is 298 g/mol. The fourth-order valence-corrected chi connectivity index (χ4v) is 1.78. The number of carbonyl (C=O) groups is 1. The predicted molar refractivity (Wildman–Crippen MR) is 70.8 cm³/mol. The molecule has 0 bridgehead atoms. The summed E-state index contributed by atoms with van der Waals surface area (Å²) in [4.78, 5) is 11.3. The summed E-state index contributed by atoms with van der Waals surface area (Å²) in [5.74, 6) is 0.336. The molecule has 0 aliphatic rings. The number of nitrogens with zero attached hydrogens (tertiary/aromatic N) is 1. The average molecular weight is 312 g/mol. The third-order valence-corrected chi connectivity index (χ3v) is 2.77. The SMILES string of the molecule is N#CCCNC(=O)COc1ccc(CN)cc1Br. The van der Waals surface area contributed by atoms with Crippen LogP contribution < -0.4 is 15.8 Å². The quantitative estimate of drug-likeness (QED) is 0.775. The fraction of sp³-hybridized carbons (Fsp3) is 0.333. The van der Waals surface area contributed by atoms with Gasteiger partial charge in [0.25, 0.3) is 5.91 Å². The van der Waals surface area contributed by atoms with Gasteiger partial charge in [-0.15, -0.1) is 0 Å². The van der Waals surface area contributed by atoms with Crippen molar-refractivity contribution >= 4 is 21.8 Å². The zero-order valence-corrected chi connectivity index (χ0v) is 11.4. The molecule has 0 aliphatic carbocycles. The van der Waals surface area contributed by atoms with Crippen LogP contribution in [0.4, 0.5) is 0 Å². The van der Waals surface area contributed by atoms with Gasteiger partial charge in [-0.25, -0.2) is 0 Å². The molecule has 5 nitrogen and oxygen atoms in total. The van der Waals surface area contributed by atoms with Gasteiger partial charge in [0.15, 0.2) is 6.61 Å². The van der Waals surface area contributed by atoms with Crippen LogP contribution in [0.3, 0.4) is 0 Å². The second-order valence-corrected chi connectivity index (χ2v) is 4.37. The molecule has 0 atom stereocenters. The van der Waals surface area contributed by atoms with Crippen molar-refractivity contribution < 1.29 is 9.53 Å². The van der Waals surface area contributed by atoms with E-state index in [0.29, 0.717) is 25.3 Å². The van der Waals surface area contributed by atoms with Gasteiger partial charge in [0.1, 0.15) is 5.75 Å². The van der Waals surface area contributed by atoms with Crippen LogP contribution in [-0.4, -0.2) is 19.1 Å². The molecule has 0 heterocycles. The van der Waals surface area contributed by atoms with Crippen LogP contribution in [0.25, 0.3) is 0 Å². The lowest BCUT2D eigenvalue weighted by atomic mass is 10.2. The summed E-state index contributed by atoms with van der Waals surface area (Å²) in [5.41, 5.74) is 6.49. The minimum Gasteiger partial charge on any atom is -0.483 e. The minimum atomic E-state index is -0.250. The van der Waals surface area contributed by atoms with Crippen molar-refractivity contribution in [3.63, 3.8) is 0 Å². The molecule has 1 aromatic carbocycles. The summed E-state index contributed by atoms with van der Waals surface area (Å²) < 4.78 is 6.11. The van der Waals surface area contributed by atoms with E-state index in [9.17, 15) is 4.79 Å². The molecule has 0 radical (unpaired) electrons. The first-order valence-electron chi connectivity index (χ1n) is 5.42. The Morgan fingerprint density at radius 2 is 2.33 bits per heavy atom. The number of nitrogens with two attached hydrogens (primary N) is 1. The van der Waals surface area contributed by atoms with Crippen molar-refractivity contribution in [3.8, 4) is 11.8 Å². The third kappa shape index (κ3) is 4.73. The van der Waals surface area contributed by atoms with E-state index in [4.69, 9.17) is 15.7 Å². The molecule has 0 saturated heterocycles. The van der Waals surface area contributed by atoms with E-state index in [2.05, 4.69) is 21.2 Å². The Balaban J connectivity index is 2.44. The van der Waals surface area contributed by atoms with E-state index in [1.165, 1.54) is 0 Å². The third-order valence-electron chi connectivity index (χ3n) is 2.15. The van der Waals surface area contributed by atoms with Gasteiger partial charge < -0.3 is 15.8 Å². The second kappa shape index (κ2) is 7.69. The van der Waals surface area contributed by atoms with Crippen LogP contribution in [-0.2, 0) is 11.3 Å². The highest BCUT2D eigenvalue weighted by Crippen LogP contribution is 2.25. The maximum atomic E-state index is 11.3. The molecule has 0 saturated carbocycles. The van der Waals surface area contributed by atoms with Crippen molar-refractivity contribution in [2.75, 3.05) is 13.2 Å². The first-order valence-corrected chi connectivity index (χ1v) is 6.21. The maximum absolute atomic E-state index is 11.3. The molecule has 1 amide bonds. The van der Waals surface area contributed by atoms with E-state index < -0.39 is 0 Å². The lowest BCUT2D eigenvalue weighted by Crippen LogP contribution is -2.29. The van der Waals surface area contributed by atoms with Crippen molar-refractivity contribution in [3.05, 3.63) is 28.2 Å². The number of amides is 1. The van der Waals surface area contributed by atoms with Gasteiger partial charge in [-0.2, -0.15) is 5.26 Å². The van der Waals surface area contributed by atoms with Gasteiger partial charge in [-0.3, -0.25) is 4.79 Å². The number of halogens is 1. The lowest BCUT2D eigenvalue weighted by molar-refractivity contribution is -0.123. The summed E-state index contributed by atoms with van der Waals surface area (Å²) in [5, 5.41) is 10.9. The number of nitriles is 1. The molecule has 1 aromatic rings. The van der Waals surface area contributed by atoms with E-state index in [1.54, 1.807) is 6.07 Å². The standard InChI is InChI=1S/C12H14BrN3O2/c13-10-6-9(7-15)2-3-11(10)18-8-12(17)16-5-1-4-14/h2-3,6H,1,5,7-8,15H2,(H,16,17). The number of benzene rings is 1. The Kier molecular flexibility index (Phi) is 6.19. The normalized spacial score (nSPS) is 9.61.